The Morgan fingerprint density at radius 1 is 1.12 bits per heavy atom. The van der Waals surface area contributed by atoms with Gasteiger partial charge in [0.15, 0.2) is 0 Å². The molecule has 0 N–H and O–H groups in total. The van der Waals surface area contributed by atoms with Gasteiger partial charge in [-0.05, 0) is 92.7 Å². The van der Waals surface area contributed by atoms with Crippen molar-refractivity contribution in [3.05, 3.63) is 60.4 Å². The van der Waals surface area contributed by atoms with E-state index in [1.807, 2.05) is 6.20 Å². The minimum atomic E-state index is 0.192. The fourth-order valence-electron chi connectivity index (χ4n) is 5.71. The number of rotatable bonds is 9. The van der Waals surface area contributed by atoms with Gasteiger partial charge in [0.1, 0.15) is 0 Å². The number of hydrogen-bond acceptors (Lipinski definition) is 2. The summed E-state index contributed by atoms with van der Waals surface area (Å²) in [6, 6.07) is 11.6. The first kappa shape index (κ1) is 24.6. The standard InChI is InChI=1S/C31H43N3/c1-7-9-17-31(5,6)22-27-26-21-24(33-19-11-10-12-20-33)15-16-28(26)34(8-2)30(27)25-14-13-18-32-29(25)23(3)4/h7,13-16,18,21,23H,1,8-12,17,19-20,22H2,2-6H3. The zero-order valence-electron chi connectivity index (χ0n) is 22.0. The number of benzene rings is 1. The number of fused-ring (bicyclic) bond motifs is 1. The molecule has 0 unspecified atom stereocenters. The van der Waals surface area contributed by atoms with Crippen molar-refractivity contribution in [2.75, 3.05) is 18.0 Å². The van der Waals surface area contributed by atoms with E-state index in [2.05, 4.69) is 87.1 Å². The van der Waals surface area contributed by atoms with Crippen LogP contribution in [0.3, 0.4) is 0 Å². The zero-order valence-corrected chi connectivity index (χ0v) is 22.0. The first-order chi connectivity index (χ1) is 16.4. The maximum absolute atomic E-state index is 4.84. The molecule has 0 aliphatic carbocycles. The van der Waals surface area contributed by atoms with Gasteiger partial charge >= 0.3 is 0 Å². The minimum Gasteiger partial charge on any atom is -0.372 e. The van der Waals surface area contributed by atoms with Crippen molar-refractivity contribution >= 4 is 16.6 Å². The van der Waals surface area contributed by atoms with E-state index in [9.17, 15) is 0 Å². The van der Waals surface area contributed by atoms with Crippen LogP contribution in [-0.4, -0.2) is 22.6 Å². The predicted molar refractivity (Wildman–Crippen MR) is 148 cm³/mol. The first-order valence-corrected chi connectivity index (χ1v) is 13.3. The number of anilines is 1. The van der Waals surface area contributed by atoms with E-state index in [0.29, 0.717) is 5.92 Å². The van der Waals surface area contributed by atoms with Gasteiger partial charge in [0.25, 0.3) is 0 Å². The van der Waals surface area contributed by atoms with Crippen LogP contribution in [0.2, 0.25) is 0 Å². The highest BCUT2D eigenvalue weighted by Gasteiger charge is 2.27. The van der Waals surface area contributed by atoms with Crippen LogP contribution in [0.5, 0.6) is 0 Å². The number of pyridine rings is 1. The number of aryl methyl sites for hydroxylation is 1. The van der Waals surface area contributed by atoms with Gasteiger partial charge in [0, 0.05) is 48.0 Å². The van der Waals surface area contributed by atoms with E-state index in [0.717, 1.165) is 25.8 Å². The quantitative estimate of drug-likeness (QED) is 0.301. The highest BCUT2D eigenvalue weighted by Crippen LogP contribution is 2.42. The molecule has 0 radical (unpaired) electrons. The summed E-state index contributed by atoms with van der Waals surface area (Å²) in [5.41, 5.74) is 8.28. The Balaban J connectivity index is 1.96. The molecule has 2 aromatic heterocycles. The third-order valence-corrected chi connectivity index (χ3v) is 7.51. The number of aromatic nitrogens is 2. The van der Waals surface area contributed by atoms with Crippen LogP contribution in [0, 0.1) is 5.41 Å². The van der Waals surface area contributed by atoms with Gasteiger partial charge in [0.05, 0.1) is 11.4 Å². The van der Waals surface area contributed by atoms with Crippen LogP contribution < -0.4 is 4.90 Å². The fourth-order valence-corrected chi connectivity index (χ4v) is 5.71. The van der Waals surface area contributed by atoms with Crippen molar-refractivity contribution in [1.29, 1.82) is 0 Å². The smallest absolute Gasteiger partial charge is 0.0542 e. The molecule has 0 amide bonds. The maximum atomic E-state index is 4.84. The zero-order chi connectivity index (χ0) is 24.3. The third kappa shape index (κ3) is 4.94. The highest BCUT2D eigenvalue weighted by molar-refractivity contribution is 5.94. The molecular formula is C31H43N3. The van der Waals surface area contributed by atoms with E-state index in [-0.39, 0.29) is 5.41 Å². The van der Waals surface area contributed by atoms with Gasteiger partial charge in [-0.2, -0.15) is 0 Å². The number of hydrogen-bond donors (Lipinski definition) is 0. The molecule has 0 spiro atoms. The first-order valence-electron chi connectivity index (χ1n) is 13.3. The van der Waals surface area contributed by atoms with Crippen LogP contribution in [0.15, 0.2) is 49.2 Å². The maximum Gasteiger partial charge on any atom is 0.0542 e. The summed E-state index contributed by atoms with van der Waals surface area (Å²) < 4.78 is 2.54. The molecule has 34 heavy (non-hydrogen) atoms. The average molecular weight is 458 g/mol. The van der Waals surface area contributed by atoms with E-state index >= 15 is 0 Å². The summed E-state index contributed by atoms with van der Waals surface area (Å²) in [4.78, 5) is 7.43. The Hall–Kier alpha value is -2.55. The summed E-state index contributed by atoms with van der Waals surface area (Å²) in [5.74, 6) is 0.380. The fraction of sp³-hybridized carbons (Fsp3) is 0.516. The molecule has 182 valence electrons. The van der Waals surface area contributed by atoms with Gasteiger partial charge in [0.2, 0.25) is 0 Å². The van der Waals surface area contributed by atoms with Crippen molar-refractivity contribution < 1.29 is 0 Å². The normalized spacial score (nSPS) is 14.8. The van der Waals surface area contributed by atoms with Gasteiger partial charge in [-0.3, -0.25) is 4.98 Å². The Morgan fingerprint density at radius 3 is 2.56 bits per heavy atom. The van der Waals surface area contributed by atoms with Crippen molar-refractivity contribution in [3.63, 3.8) is 0 Å². The van der Waals surface area contributed by atoms with Crippen LogP contribution in [-0.2, 0) is 13.0 Å². The lowest BCUT2D eigenvalue weighted by Crippen LogP contribution is -2.29. The molecule has 3 aromatic rings. The van der Waals surface area contributed by atoms with Crippen LogP contribution in [0.1, 0.15) is 83.9 Å². The minimum absolute atomic E-state index is 0.192. The second-order valence-electron chi connectivity index (χ2n) is 11.1. The summed E-state index contributed by atoms with van der Waals surface area (Å²) in [6.45, 7) is 18.9. The molecular weight excluding hydrogens is 414 g/mol. The Morgan fingerprint density at radius 2 is 1.88 bits per heavy atom. The lowest BCUT2D eigenvalue weighted by atomic mass is 9.80. The van der Waals surface area contributed by atoms with E-state index in [1.54, 1.807) is 0 Å². The van der Waals surface area contributed by atoms with Crippen LogP contribution in [0.25, 0.3) is 22.2 Å². The van der Waals surface area contributed by atoms with Crippen molar-refractivity contribution in [2.45, 2.75) is 85.6 Å². The summed E-state index contributed by atoms with van der Waals surface area (Å²) in [5, 5.41) is 1.42. The topological polar surface area (TPSA) is 21.1 Å². The second kappa shape index (κ2) is 10.4. The SMILES string of the molecule is C=CCCC(C)(C)Cc1c(-c2cccnc2C(C)C)n(CC)c2ccc(N3CCCCC3)cc12. The Kier molecular flexibility index (Phi) is 7.50. The molecule has 3 heterocycles. The molecule has 3 nitrogen and oxygen atoms in total. The molecule has 3 heteroatoms. The molecule has 0 bridgehead atoms. The number of nitrogens with zero attached hydrogens (tertiary/aromatic N) is 3. The lowest BCUT2D eigenvalue weighted by Gasteiger charge is -2.29. The van der Waals surface area contributed by atoms with E-state index in [4.69, 9.17) is 4.98 Å². The van der Waals surface area contributed by atoms with Crippen molar-refractivity contribution in [3.8, 4) is 11.3 Å². The van der Waals surface area contributed by atoms with Gasteiger partial charge in [-0.25, -0.2) is 0 Å². The van der Waals surface area contributed by atoms with Gasteiger partial charge in [-0.1, -0.05) is 33.8 Å². The lowest BCUT2D eigenvalue weighted by molar-refractivity contribution is 0.337. The molecule has 1 aliphatic heterocycles. The van der Waals surface area contributed by atoms with E-state index < -0.39 is 0 Å². The molecule has 1 aromatic carbocycles. The summed E-state index contributed by atoms with van der Waals surface area (Å²) in [7, 11) is 0. The molecule has 1 fully saturated rings. The van der Waals surface area contributed by atoms with Gasteiger partial charge < -0.3 is 9.47 Å². The second-order valence-corrected chi connectivity index (χ2v) is 11.1. The molecule has 4 rings (SSSR count). The number of allylic oxidation sites excluding steroid dienone is 1. The van der Waals surface area contributed by atoms with Crippen LogP contribution in [0.4, 0.5) is 5.69 Å². The summed E-state index contributed by atoms with van der Waals surface area (Å²) >= 11 is 0. The Labute approximate surface area is 206 Å². The highest BCUT2D eigenvalue weighted by atomic mass is 15.1. The number of piperidine rings is 1. The predicted octanol–water partition coefficient (Wildman–Crippen LogP) is 8.37. The van der Waals surface area contributed by atoms with Crippen LogP contribution >= 0.6 is 0 Å². The Bertz CT molecular complexity index is 1130. The molecule has 0 atom stereocenters. The molecule has 1 aliphatic rings. The van der Waals surface area contributed by atoms with Crippen molar-refractivity contribution in [2.24, 2.45) is 5.41 Å². The monoisotopic (exact) mass is 457 g/mol. The summed E-state index contributed by atoms with van der Waals surface area (Å²) in [6.07, 6.45) is 11.2. The van der Waals surface area contributed by atoms with Crippen molar-refractivity contribution in [1.82, 2.24) is 9.55 Å². The third-order valence-electron chi connectivity index (χ3n) is 7.51. The van der Waals surface area contributed by atoms with Gasteiger partial charge in [-0.15, -0.1) is 6.58 Å². The molecule has 1 saturated heterocycles. The average Bonchev–Trinajstić information content (AvgIpc) is 3.15. The van der Waals surface area contributed by atoms with E-state index in [1.165, 1.54) is 71.5 Å². The molecule has 0 saturated carbocycles. The largest absolute Gasteiger partial charge is 0.372 e.